The van der Waals surface area contributed by atoms with Crippen molar-refractivity contribution in [3.8, 4) is 0 Å². The highest BCUT2D eigenvalue weighted by Crippen LogP contribution is 2.31. The van der Waals surface area contributed by atoms with Gasteiger partial charge in [0.1, 0.15) is 0 Å². The number of carboxylic acids is 1. The SMILES string of the molecule is CC(C)N(CC1CC1)C(=O)N1CCCC1CC(=O)O. The van der Waals surface area contributed by atoms with Gasteiger partial charge in [0.05, 0.1) is 6.42 Å². The van der Waals surface area contributed by atoms with Gasteiger partial charge < -0.3 is 14.9 Å². The molecule has 0 aromatic rings. The summed E-state index contributed by atoms with van der Waals surface area (Å²) in [7, 11) is 0. The first-order valence-electron chi connectivity index (χ1n) is 7.28. The van der Waals surface area contributed by atoms with E-state index >= 15 is 0 Å². The highest BCUT2D eigenvalue weighted by atomic mass is 16.4. The minimum atomic E-state index is -0.817. The maximum Gasteiger partial charge on any atom is 0.320 e. The molecule has 0 aromatic heterocycles. The molecule has 1 saturated heterocycles. The second kappa shape index (κ2) is 5.80. The van der Waals surface area contributed by atoms with E-state index in [1.807, 2.05) is 18.7 Å². The Kier molecular flexibility index (Phi) is 4.32. The molecule has 1 N–H and O–H groups in total. The lowest BCUT2D eigenvalue weighted by Gasteiger charge is -2.34. The van der Waals surface area contributed by atoms with E-state index in [1.165, 1.54) is 12.8 Å². The van der Waals surface area contributed by atoms with Crippen LogP contribution in [0.4, 0.5) is 4.79 Å². The maximum absolute atomic E-state index is 12.6. The van der Waals surface area contributed by atoms with E-state index in [1.54, 1.807) is 4.90 Å². The highest BCUT2D eigenvalue weighted by Gasteiger charge is 2.36. The van der Waals surface area contributed by atoms with E-state index < -0.39 is 5.97 Å². The fourth-order valence-corrected chi connectivity index (χ4v) is 2.75. The number of carbonyl (C=O) groups excluding carboxylic acids is 1. The van der Waals surface area contributed by atoms with Gasteiger partial charge in [-0.1, -0.05) is 0 Å². The molecule has 1 heterocycles. The Bertz CT molecular complexity index is 353. The molecular weight excluding hydrogens is 244 g/mol. The van der Waals surface area contributed by atoms with Crippen LogP contribution < -0.4 is 0 Å². The van der Waals surface area contributed by atoms with Crippen LogP contribution in [0.5, 0.6) is 0 Å². The summed E-state index contributed by atoms with van der Waals surface area (Å²) in [5, 5.41) is 8.93. The molecule has 0 radical (unpaired) electrons. The lowest BCUT2D eigenvalue weighted by molar-refractivity contribution is -0.138. The molecule has 0 spiro atoms. The van der Waals surface area contributed by atoms with Gasteiger partial charge in [-0.3, -0.25) is 4.79 Å². The van der Waals surface area contributed by atoms with Crippen LogP contribution in [-0.2, 0) is 4.79 Å². The van der Waals surface area contributed by atoms with Crippen molar-refractivity contribution in [1.29, 1.82) is 0 Å². The molecule has 19 heavy (non-hydrogen) atoms. The number of urea groups is 1. The van der Waals surface area contributed by atoms with E-state index in [9.17, 15) is 9.59 Å². The maximum atomic E-state index is 12.6. The van der Waals surface area contributed by atoms with Crippen molar-refractivity contribution in [3.63, 3.8) is 0 Å². The fourth-order valence-electron chi connectivity index (χ4n) is 2.75. The number of likely N-dealkylation sites (tertiary alicyclic amines) is 1. The van der Waals surface area contributed by atoms with Crippen LogP contribution in [-0.4, -0.2) is 52.1 Å². The van der Waals surface area contributed by atoms with Gasteiger partial charge in [0, 0.05) is 25.2 Å². The number of hydrogen-bond donors (Lipinski definition) is 1. The third-order valence-corrected chi connectivity index (χ3v) is 4.05. The average Bonchev–Trinajstić information content (AvgIpc) is 3.03. The largest absolute Gasteiger partial charge is 0.481 e. The molecule has 2 fully saturated rings. The van der Waals surface area contributed by atoms with Crippen molar-refractivity contribution in [2.75, 3.05) is 13.1 Å². The summed E-state index contributed by atoms with van der Waals surface area (Å²) in [6.45, 7) is 5.59. The molecule has 0 bridgehead atoms. The van der Waals surface area contributed by atoms with Crippen LogP contribution in [0, 0.1) is 5.92 Å². The summed E-state index contributed by atoms with van der Waals surface area (Å²) < 4.78 is 0. The van der Waals surface area contributed by atoms with Gasteiger partial charge in [0.2, 0.25) is 0 Å². The molecule has 1 unspecified atom stereocenters. The highest BCUT2D eigenvalue weighted by molar-refractivity contribution is 5.77. The number of nitrogens with zero attached hydrogens (tertiary/aromatic N) is 2. The zero-order valence-corrected chi connectivity index (χ0v) is 11.8. The molecule has 1 atom stereocenters. The van der Waals surface area contributed by atoms with E-state index in [-0.39, 0.29) is 24.5 Å². The molecule has 108 valence electrons. The molecule has 1 saturated carbocycles. The standard InChI is InChI=1S/C14H24N2O3/c1-10(2)16(9-11-5-6-11)14(19)15-7-3-4-12(15)8-13(17)18/h10-12H,3-9H2,1-2H3,(H,17,18). The van der Waals surface area contributed by atoms with Gasteiger partial charge >= 0.3 is 12.0 Å². The zero-order valence-electron chi connectivity index (χ0n) is 11.8. The Morgan fingerprint density at radius 2 is 2.00 bits per heavy atom. The predicted molar refractivity (Wildman–Crippen MR) is 71.9 cm³/mol. The van der Waals surface area contributed by atoms with Crippen molar-refractivity contribution in [3.05, 3.63) is 0 Å². The van der Waals surface area contributed by atoms with Gasteiger partial charge in [-0.2, -0.15) is 0 Å². The van der Waals surface area contributed by atoms with Crippen LogP contribution in [0.3, 0.4) is 0 Å². The molecule has 2 aliphatic rings. The van der Waals surface area contributed by atoms with Gasteiger partial charge in [-0.25, -0.2) is 4.79 Å². The molecule has 2 rings (SSSR count). The number of carboxylic acid groups (broad SMARTS) is 1. The molecular formula is C14H24N2O3. The Morgan fingerprint density at radius 3 is 2.53 bits per heavy atom. The number of rotatable bonds is 5. The van der Waals surface area contributed by atoms with Crippen molar-refractivity contribution in [2.24, 2.45) is 5.92 Å². The lowest BCUT2D eigenvalue weighted by atomic mass is 10.1. The molecule has 1 aliphatic heterocycles. The first kappa shape index (κ1) is 14.2. The van der Waals surface area contributed by atoms with E-state index in [0.29, 0.717) is 12.5 Å². The van der Waals surface area contributed by atoms with Gasteiger partial charge in [0.15, 0.2) is 0 Å². The Hall–Kier alpha value is -1.26. The Morgan fingerprint density at radius 1 is 1.32 bits per heavy atom. The molecule has 1 aliphatic carbocycles. The average molecular weight is 268 g/mol. The zero-order chi connectivity index (χ0) is 14.0. The van der Waals surface area contributed by atoms with Gasteiger partial charge in [0.25, 0.3) is 0 Å². The summed E-state index contributed by atoms with van der Waals surface area (Å²) in [5.41, 5.74) is 0. The second-order valence-corrected chi connectivity index (χ2v) is 6.06. The minimum absolute atomic E-state index is 0.0330. The molecule has 2 amide bonds. The summed E-state index contributed by atoms with van der Waals surface area (Å²) in [4.78, 5) is 27.2. The molecule has 5 heteroatoms. The van der Waals surface area contributed by atoms with Crippen molar-refractivity contribution in [2.45, 2.75) is 58.0 Å². The smallest absolute Gasteiger partial charge is 0.320 e. The fraction of sp³-hybridized carbons (Fsp3) is 0.857. The second-order valence-electron chi connectivity index (χ2n) is 6.06. The summed E-state index contributed by atoms with van der Waals surface area (Å²) in [5.74, 6) is -0.158. The quantitative estimate of drug-likeness (QED) is 0.831. The third-order valence-electron chi connectivity index (χ3n) is 4.05. The summed E-state index contributed by atoms with van der Waals surface area (Å²) in [6.07, 6.45) is 4.23. The van der Waals surface area contributed by atoms with E-state index in [2.05, 4.69) is 0 Å². The van der Waals surface area contributed by atoms with Crippen LogP contribution in [0.1, 0.15) is 46.0 Å². The van der Waals surface area contributed by atoms with Gasteiger partial charge in [-0.05, 0) is 45.4 Å². The lowest BCUT2D eigenvalue weighted by Crippen LogP contribution is -2.49. The first-order chi connectivity index (χ1) is 8.99. The number of hydrogen-bond acceptors (Lipinski definition) is 2. The topological polar surface area (TPSA) is 60.9 Å². The number of carbonyl (C=O) groups is 2. The molecule has 5 nitrogen and oxygen atoms in total. The van der Waals surface area contributed by atoms with Crippen molar-refractivity contribution in [1.82, 2.24) is 9.80 Å². The van der Waals surface area contributed by atoms with Crippen LogP contribution in [0.15, 0.2) is 0 Å². The normalized spacial score (nSPS) is 22.9. The van der Waals surface area contributed by atoms with Crippen LogP contribution in [0.25, 0.3) is 0 Å². The molecule has 0 aromatic carbocycles. The third kappa shape index (κ3) is 3.61. The minimum Gasteiger partial charge on any atom is -0.481 e. The number of aliphatic carboxylic acids is 1. The van der Waals surface area contributed by atoms with E-state index in [0.717, 1.165) is 19.4 Å². The van der Waals surface area contributed by atoms with Crippen LogP contribution in [0.2, 0.25) is 0 Å². The van der Waals surface area contributed by atoms with Crippen molar-refractivity contribution >= 4 is 12.0 Å². The van der Waals surface area contributed by atoms with E-state index in [4.69, 9.17) is 5.11 Å². The predicted octanol–water partition coefficient (Wildman–Crippen LogP) is 2.17. The summed E-state index contributed by atoms with van der Waals surface area (Å²) in [6, 6.07) is 0.0929. The Labute approximate surface area is 114 Å². The number of amides is 2. The summed E-state index contributed by atoms with van der Waals surface area (Å²) >= 11 is 0. The Balaban J connectivity index is 2.00. The van der Waals surface area contributed by atoms with Crippen LogP contribution >= 0.6 is 0 Å². The first-order valence-corrected chi connectivity index (χ1v) is 7.28. The monoisotopic (exact) mass is 268 g/mol. The van der Waals surface area contributed by atoms with Crippen molar-refractivity contribution < 1.29 is 14.7 Å². The van der Waals surface area contributed by atoms with Gasteiger partial charge in [-0.15, -0.1) is 0 Å².